The van der Waals surface area contributed by atoms with E-state index >= 15 is 0 Å². The summed E-state index contributed by atoms with van der Waals surface area (Å²) in [5.41, 5.74) is 1.02. The predicted octanol–water partition coefficient (Wildman–Crippen LogP) is 2.72. The number of benzene rings is 1. The second kappa shape index (κ2) is 5.05. The van der Waals surface area contributed by atoms with Gasteiger partial charge < -0.3 is 15.2 Å². The van der Waals surface area contributed by atoms with Gasteiger partial charge in [0.25, 0.3) is 0 Å². The van der Waals surface area contributed by atoms with E-state index in [2.05, 4.69) is 11.4 Å². The largest absolute Gasteiger partial charge is 0.496 e. The van der Waals surface area contributed by atoms with Gasteiger partial charge in [0.2, 0.25) is 0 Å². The number of fused-ring (bicyclic) bond motifs is 1. The van der Waals surface area contributed by atoms with Crippen molar-refractivity contribution in [3.63, 3.8) is 0 Å². The van der Waals surface area contributed by atoms with Gasteiger partial charge >= 0.3 is 6.09 Å². The molecule has 1 heterocycles. The third-order valence-electron chi connectivity index (χ3n) is 2.53. The van der Waals surface area contributed by atoms with Gasteiger partial charge in [-0.05, 0) is 40.9 Å². The first kappa shape index (κ1) is 11.7. The molecule has 0 saturated heterocycles. The topological polar surface area (TPSA) is 58.6 Å². The lowest BCUT2D eigenvalue weighted by Crippen LogP contribution is -2.23. The smallest absolute Gasteiger partial charge is 0.404 e. The van der Waals surface area contributed by atoms with E-state index in [1.165, 1.54) is 4.70 Å². The highest BCUT2D eigenvalue weighted by molar-refractivity contribution is 7.17. The van der Waals surface area contributed by atoms with Crippen LogP contribution in [0.2, 0.25) is 0 Å². The van der Waals surface area contributed by atoms with E-state index in [-0.39, 0.29) is 0 Å². The van der Waals surface area contributed by atoms with Crippen molar-refractivity contribution in [3.05, 3.63) is 29.1 Å². The summed E-state index contributed by atoms with van der Waals surface area (Å²) in [5, 5.41) is 14.1. The average Bonchev–Trinajstić information content (AvgIpc) is 2.74. The van der Waals surface area contributed by atoms with Crippen molar-refractivity contribution in [3.8, 4) is 5.75 Å². The Labute approximate surface area is 103 Å². The van der Waals surface area contributed by atoms with Gasteiger partial charge in [-0.2, -0.15) is 0 Å². The summed E-state index contributed by atoms with van der Waals surface area (Å²) in [5.74, 6) is 0.808. The van der Waals surface area contributed by atoms with E-state index in [0.29, 0.717) is 13.0 Å². The van der Waals surface area contributed by atoms with Crippen LogP contribution in [0.15, 0.2) is 23.6 Å². The number of amides is 1. The van der Waals surface area contributed by atoms with Crippen molar-refractivity contribution in [2.24, 2.45) is 0 Å². The van der Waals surface area contributed by atoms with Crippen molar-refractivity contribution in [1.82, 2.24) is 5.32 Å². The van der Waals surface area contributed by atoms with Crippen molar-refractivity contribution < 1.29 is 14.6 Å². The van der Waals surface area contributed by atoms with Crippen LogP contribution in [-0.4, -0.2) is 24.9 Å². The highest BCUT2D eigenvalue weighted by Crippen LogP contribution is 2.29. The average molecular weight is 251 g/mol. The molecule has 2 rings (SSSR count). The SMILES string of the molecule is COc1cc2ccsc2cc1CCNC(=O)O. The Morgan fingerprint density at radius 2 is 2.35 bits per heavy atom. The summed E-state index contributed by atoms with van der Waals surface area (Å²) in [7, 11) is 1.63. The third-order valence-corrected chi connectivity index (χ3v) is 3.41. The molecule has 0 aliphatic carbocycles. The first-order valence-electron chi connectivity index (χ1n) is 5.21. The monoisotopic (exact) mass is 251 g/mol. The van der Waals surface area contributed by atoms with Crippen LogP contribution < -0.4 is 10.1 Å². The van der Waals surface area contributed by atoms with Crippen LogP contribution in [0.5, 0.6) is 5.75 Å². The van der Waals surface area contributed by atoms with Crippen LogP contribution >= 0.6 is 11.3 Å². The first-order valence-corrected chi connectivity index (χ1v) is 6.09. The summed E-state index contributed by atoms with van der Waals surface area (Å²) in [4.78, 5) is 10.4. The van der Waals surface area contributed by atoms with Crippen molar-refractivity contribution in [2.75, 3.05) is 13.7 Å². The number of hydrogen-bond donors (Lipinski definition) is 2. The normalized spacial score (nSPS) is 10.4. The number of carboxylic acid groups (broad SMARTS) is 1. The second-order valence-electron chi connectivity index (χ2n) is 3.60. The van der Waals surface area contributed by atoms with E-state index in [1.807, 2.05) is 17.5 Å². The molecule has 0 aliphatic rings. The fourth-order valence-electron chi connectivity index (χ4n) is 1.72. The standard InChI is InChI=1S/C12H13NO3S/c1-16-10-6-9-3-5-17-11(9)7-8(10)2-4-13-12(14)15/h3,5-7,13H,2,4H2,1H3,(H,14,15). The zero-order chi connectivity index (χ0) is 12.3. The zero-order valence-corrected chi connectivity index (χ0v) is 10.2. The summed E-state index contributed by atoms with van der Waals surface area (Å²) in [6.45, 7) is 0.391. The Morgan fingerprint density at radius 1 is 1.53 bits per heavy atom. The number of hydrogen-bond acceptors (Lipinski definition) is 3. The summed E-state index contributed by atoms with van der Waals surface area (Å²) < 4.78 is 6.50. The molecule has 0 atom stereocenters. The van der Waals surface area contributed by atoms with E-state index in [0.717, 1.165) is 16.7 Å². The molecule has 0 fully saturated rings. The van der Waals surface area contributed by atoms with Gasteiger partial charge in [0.15, 0.2) is 0 Å². The molecular weight excluding hydrogens is 238 g/mol. The fraction of sp³-hybridized carbons (Fsp3) is 0.250. The molecule has 1 aromatic heterocycles. The maximum Gasteiger partial charge on any atom is 0.404 e. The molecule has 17 heavy (non-hydrogen) atoms. The minimum atomic E-state index is -0.999. The Hall–Kier alpha value is -1.75. The minimum absolute atomic E-state index is 0.391. The lowest BCUT2D eigenvalue weighted by Gasteiger charge is -2.08. The van der Waals surface area contributed by atoms with Crippen LogP contribution in [0.3, 0.4) is 0 Å². The van der Waals surface area contributed by atoms with Gasteiger partial charge in [0.05, 0.1) is 7.11 Å². The third kappa shape index (κ3) is 2.68. The molecule has 2 aromatic rings. The summed E-state index contributed by atoms with van der Waals surface area (Å²) in [6, 6.07) is 6.09. The van der Waals surface area contributed by atoms with Gasteiger partial charge in [-0.25, -0.2) is 4.79 Å². The number of methoxy groups -OCH3 is 1. The molecule has 0 bridgehead atoms. The maximum atomic E-state index is 10.4. The van der Waals surface area contributed by atoms with E-state index in [1.54, 1.807) is 18.4 Å². The summed E-state index contributed by atoms with van der Waals surface area (Å²) >= 11 is 1.67. The van der Waals surface area contributed by atoms with E-state index in [9.17, 15) is 4.79 Å². The summed E-state index contributed by atoms with van der Waals surface area (Å²) in [6.07, 6.45) is -0.371. The maximum absolute atomic E-state index is 10.4. The molecule has 1 aromatic carbocycles. The van der Waals surface area contributed by atoms with Crippen LogP contribution in [0.25, 0.3) is 10.1 Å². The van der Waals surface area contributed by atoms with Gasteiger partial charge in [-0.15, -0.1) is 11.3 Å². The molecule has 0 aliphatic heterocycles. The molecule has 0 spiro atoms. The highest BCUT2D eigenvalue weighted by atomic mass is 32.1. The fourth-order valence-corrected chi connectivity index (χ4v) is 2.55. The number of ether oxygens (including phenoxy) is 1. The van der Waals surface area contributed by atoms with Crippen LogP contribution in [-0.2, 0) is 6.42 Å². The quantitative estimate of drug-likeness (QED) is 0.878. The molecule has 1 amide bonds. The second-order valence-corrected chi connectivity index (χ2v) is 4.55. The van der Waals surface area contributed by atoms with Gasteiger partial charge in [0.1, 0.15) is 5.75 Å². The predicted molar refractivity (Wildman–Crippen MR) is 68.1 cm³/mol. The van der Waals surface area contributed by atoms with Crippen LogP contribution in [0.1, 0.15) is 5.56 Å². The molecule has 0 saturated carbocycles. The number of rotatable bonds is 4. The van der Waals surface area contributed by atoms with Crippen molar-refractivity contribution in [1.29, 1.82) is 0 Å². The Morgan fingerprint density at radius 3 is 3.06 bits per heavy atom. The minimum Gasteiger partial charge on any atom is -0.496 e. The number of nitrogens with one attached hydrogen (secondary N) is 1. The number of carbonyl (C=O) groups is 1. The lowest BCUT2D eigenvalue weighted by atomic mass is 10.1. The van der Waals surface area contributed by atoms with Gasteiger partial charge in [0, 0.05) is 11.2 Å². The first-order chi connectivity index (χ1) is 8.20. The Kier molecular flexibility index (Phi) is 3.49. The zero-order valence-electron chi connectivity index (χ0n) is 9.40. The van der Waals surface area contributed by atoms with Crippen molar-refractivity contribution in [2.45, 2.75) is 6.42 Å². The molecule has 0 radical (unpaired) electrons. The van der Waals surface area contributed by atoms with E-state index < -0.39 is 6.09 Å². The number of thiophene rings is 1. The molecular formula is C12H13NO3S. The Balaban J connectivity index is 2.21. The van der Waals surface area contributed by atoms with E-state index in [4.69, 9.17) is 9.84 Å². The Bertz CT molecular complexity index is 536. The highest BCUT2D eigenvalue weighted by Gasteiger charge is 2.06. The molecule has 2 N–H and O–H groups in total. The lowest BCUT2D eigenvalue weighted by molar-refractivity contribution is 0.194. The molecule has 4 nitrogen and oxygen atoms in total. The van der Waals surface area contributed by atoms with Crippen LogP contribution in [0.4, 0.5) is 4.79 Å². The molecule has 0 unspecified atom stereocenters. The molecule has 90 valence electrons. The van der Waals surface area contributed by atoms with Gasteiger partial charge in [-0.3, -0.25) is 0 Å². The van der Waals surface area contributed by atoms with Crippen LogP contribution in [0, 0.1) is 0 Å². The van der Waals surface area contributed by atoms with Gasteiger partial charge in [-0.1, -0.05) is 0 Å². The van der Waals surface area contributed by atoms with Crippen molar-refractivity contribution >= 4 is 27.5 Å². The molecule has 5 heteroatoms.